The smallest absolute Gasteiger partial charge is 0.326 e. The molecule has 6 nitrogen and oxygen atoms in total. The fourth-order valence-electron chi connectivity index (χ4n) is 6.06. The van der Waals surface area contributed by atoms with Crippen LogP contribution in [0.2, 0.25) is 10.0 Å². The number of aliphatic carboxylic acids is 1. The van der Waals surface area contributed by atoms with Crippen LogP contribution in [0.4, 0.5) is 4.39 Å². The maximum Gasteiger partial charge on any atom is 0.326 e. The first-order valence-electron chi connectivity index (χ1n) is 14.4. The third kappa shape index (κ3) is 6.29. The number of nitrogens with one attached hydrogen (secondary N) is 1. The summed E-state index contributed by atoms with van der Waals surface area (Å²) in [6.07, 6.45) is 3.37. The van der Waals surface area contributed by atoms with Crippen LogP contribution in [0.15, 0.2) is 60.7 Å². The molecule has 2 N–H and O–H groups in total. The maximum atomic E-state index is 15.2. The van der Waals surface area contributed by atoms with E-state index in [2.05, 4.69) is 29.3 Å². The molecule has 0 radical (unpaired) electrons. The number of hydrogen-bond donors (Lipinski definition) is 2. The number of likely N-dealkylation sites (tertiary alicyclic amines) is 1. The SMILES string of the molecule is CC1(COc2cc(F)c(C(=O)N[C@H](C(=O)O)C3CC3)cc2C2CC2)CN(C(c2ccccc2)c2cc(Cl)cc(Cl)c2)C1. The third-order valence-electron chi connectivity index (χ3n) is 8.43. The van der Waals surface area contributed by atoms with E-state index >= 15 is 4.39 Å². The molecule has 3 aliphatic rings. The Balaban J connectivity index is 1.16. The third-order valence-corrected chi connectivity index (χ3v) is 8.87. The Morgan fingerprint density at radius 2 is 1.69 bits per heavy atom. The number of nitrogens with zero attached hydrogens (tertiary/aromatic N) is 1. The number of ether oxygens (including phenoxy) is 1. The van der Waals surface area contributed by atoms with Crippen LogP contribution in [-0.4, -0.2) is 47.6 Å². The molecular weight excluding hydrogens is 578 g/mol. The molecule has 42 heavy (non-hydrogen) atoms. The van der Waals surface area contributed by atoms with E-state index in [9.17, 15) is 14.7 Å². The minimum atomic E-state index is -1.09. The van der Waals surface area contributed by atoms with E-state index in [4.69, 9.17) is 27.9 Å². The highest BCUT2D eigenvalue weighted by Crippen LogP contribution is 2.46. The number of amides is 1. The summed E-state index contributed by atoms with van der Waals surface area (Å²) in [5, 5.41) is 13.2. The highest BCUT2D eigenvalue weighted by molar-refractivity contribution is 6.34. The van der Waals surface area contributed by atoms with Gasteiger partial charge in [-0.15, -0.1) is 0 Å². The summed E-state index contributed by atoms with van der Waals surface area (Å²) in [5.74, 6) is -1.95. The molecule has 0 spiro atoms. The van der Waals surface area contributed by atoms with Gasteiger partial charge in [-0.1, -0.05) is 60.5 Å². The first kappa shape index (κ1) is 29.0. The number of rotatable bonds is 11. The van der Waals surface area contributed by atoms with Crippen LogP contribution in [0.3, 0.4) is 0 Å². The van der Waals surface area contributed by atoms with Gasteiger partial charge in [0.25, 0.3) is 5.91 Å². The average molecular weight is 612 g/mol. The van der Waals surface area contributed by atoms with Gasteiger partial charge >= 0.3 is 5.97 Å². The van der Waals surface area contributed by atoms with Gasteiger partial charge in [0.15, 0.2) is 0 Å². The van der Waals surface area contributed by atoms with Gasteiger partial charge in [0, 0.05) is 34.6 Å². The second kappa shape index (κ2) is 11.5. The van der Waals surface area contributed by atoms with E-state index in [0.29, 0.717) is 22.4 Å². The van der Waals surface area contributed by atoms with Crippen LogP contribution in [-0.2, 0) is 4.79 Å². The molecule has 3 aromatic rings. The van der Waals surface area contributed by atoms with Crippen LogP contribution < -0.4 is 10.1 Å². The predicted molar refractivity (Wildman–Crippen MR) is 160 cm³/mol. The standard InChI is InChI=1S/C33H33Cl2FN2O4/c1-33(16-38(17-33)30(21-5-3-2-4-6-21)22-11-23(34)13-24(35)12-22)18-42-28-15-27(36)26(14-25(28)19-7-8-19)31(39)37-29(32(40)41)20-9-10-20/h2-6,11-15,19-20,29-30H,7-10,16-18H2,1H3,(H,37,39)(H,40,41)/t29-,30?/m0/s1. The first-order chi connectivity index (χ1) is 20.1. The molecule has 9 heteroatoms. The zero-order chi connectivity index (χ0) is 29.6. The quantitative estimate of drug-likeness (QED) is 0.242. The summed E-state index contributed by atoms with van der Waals surface area (Å²) in [6.45, 7) is 4.02. The first-order valence-corrected chi connectivity index (χ1v) is 15.1. The number of carboxylic acid groups (broad SMARTS) is 1. The van der Waals surface area contributed by atoms with Crippen LogP contribution in [0, 0.1) is 17.2 Å². The van der Waals surface area contributed by atoms with E-state index in [1.54, 1.807) is 12.1 Å². The Hall–Kier alpha value is -3.13. The lowest BCUT2D eigenvalue weighted by Crippen LogP contribution is -2.58. The number of benzene rings is 3. The number of halogens is 3. The summed E-state index contributed by atoms with van der Waals surface area (Å²) >= 11 is 12.7. The molecule has 6 rings (SSSR count). The molecule has 220 valence electrons. The summed E-state index contributed by atoms with van der Waals surface area (Å²) in [5.41, 5.74) is 2.64. The topological polar surface area (TPSA) is 78.9 Å². The summed E-state index contributed by atoms with van der Waals surface area (Å²) in [4.78, 5) is 26.8. The van der Waals surface area contributed by atoms with Crippen molar-refractivity contribution >= 4 is 35.1 Å². The Kier molecular flexibility index (Phi) is 7.94. The molecule has 2 atom stereocenters. The molecule has 1 aliphatic heterocycles. The van der Waals surface area contributed by atoms with Crippen molar-refractivity contribution in [2.75, 3.05) is 19.7 Å². The van der Waals surface area contributed by atoms with Crippen molar-refractivity contribution in [1.82, 2.24) is 10.2 Å². The van der Waals surface area contributed by atoms with Crippen molar-refractivity contribution < 1.29 is 23.8 Å². The molecule has 2 aliphatic carbocycles. The van der Waals surface area contributed by atoms with Crippen LogP contribution in [0.5, 0.6) is 5.75 Å². The van der Waals surface area contributed by atoms with Gasteiger partial charge in [-0.05, 0) is 78.5 Å². The Labute approximate surface area is 254 Å². The van der Waals surface area contributed by atoms with Crippen molar-refractivity contribution in [3.8, 4) is 5.75 Å². The largest absolute Gasteiger partial charge is 0.493 e. The van der Waals surface area contributed by atoms with Crippen LogP contribution >= 0.6 is 23.2 Å². The molecule has 0 bridgehead atoms. The lowest BCUT2D eigenvalue weighted by Gasteiger charge is -2.51. The van der Waals surface area contributed by atoms with Gasteiger partial charge in [0.05, 0.1) is 18.2 Å². The van der Waals surface area contributed by atoms with Crippen molar-refractivity contribution in [2.24, 2.45) is 11.3 Å². The fourth-order valence-corrected chi connectivity index (χ4v) is 6.60. The average Bonchev–Trinajstić information content (AvgIpc) is 3.84. The maximum absolute atomic E-state index is 15.2. The Morgan fingerprint density at radius 1 is 1.02 bits per heavy atom. The van der Waals surface area contributed by atoms with Crippen molar-refractivity contribution in [2.45, 2.75) is 50.6 Å². The molecule has 2 saturated carbocycles. The van der Waals surface area contributed by atoms with Crippen molar-refractivity contribution in [3.05, 3.63) is 98.8 Å². The van der Waals surface area contributed by atoms with Crippen LogP contribution in [0.1, 0.15) is 71.6 Å². The Bertz CT molecular complexity index is 1480. The van der Waals surface area contributed by atoms with E-state index < -0.39 is 23.7 Å². The van der Waals surface area contributed by atoms with Crippen molar-refractivity contribution in [1.29, 1.82) is 0 Å². The second-order valence-corrected chi connectivity index (χ2v) is 13.2. The molecule has 3 aromatic carbocycles. The molecule has 1 amide bonds. The molecule has 1 unspecified atom stereocenters. The van der Waals surface area contributed by atoms with Gasteiger partial charge in [0.1, 0.15) is 17.6 Å². The normalized spacial score (nSPS) is 19.4. The highest BCUT2D eigenvalue weighted by atomic mass is 35.5. The number of carbonyl (C=O) groups is 2. The van der Waals surface area contributed by atoms with E-state index in [0.717, 1.165) is 55.5 Å². The number of carbonyl (C=O) groups excluding carboxylic acids is 1. The van der Waals surface area contributed by atoms with E-state index in [1.807, 2.05) is 30.3 Å². The second-order valence-electron chi connectivity index (χ2n) is 12.3. The highest BCUT2D eigenvalue weighted by Gasteiger charge is 2.44. The number of hydrogen-bond acceptors (Lipinski definition) is 4. The summed E-state index contributed by atoms with van der Waals surface area (Å²) in [6, 6.07) is 17.6. The molecular formula is C33H33Cl2FN2O4. The van der Waals surface area contributed by atoms with Crippen molar-refractivity contribution in [3.63, 3.8) is 0 Å². The van der Waals surface area contributed by atoms with E-state index in [1.165, 1.54) is 6.07 Å². The van der Waals surface area contributed by atoms with Gasteiger partial charge in [-0.25, -0.2) is 9.18 Å². The number of carboxylic acids is 1. The van der Waals surface area contributed by atoms with Gasteiger partial charge in [-0.2, -0.15) is 0 Å². The zero-order valence-corrected chi connectivity index (χ0v) is 24.8. The Morgan fingerprint density at radius 3 is 2.29 bits per heavy atom. The monoisotopic (exact) mass is 610 g/mol. The lowest BCUT2D eigenvalue weighted by molar-refractivity contribution is -0.139. The molecule has 1 heterocycles. The lowest BCUT2D eigenvalue weighted by atomic mass is 9.79. The molecule has 3 fully saturated rings. The molecule has 0 aromatic heterocycles. The minimum Gasteiger partial charge on any atom is -0.493 e. The van der Waals surface area contributed by atoms with Crippen LogP contribution in [0.25, 0.3) is 0 Å². The van der Waals surface area contributed by atoms with Gasteiger partial charge in [-0.3, -0.25) is 9.69 Å². The minimum absolute atomic E-state index is 0.0296. The molecule has 1 saturated heterocycles. The summed E-state index contributed by atoms with van der Waals surface area (Å²) in [7, 11) is 0. The zero-order valence-electron chi connectivity index (χ0n) is 23.3. The summed E-state index contributed by atoms with van der Waals surface area (Å²) < 4.78 is 21.5. The van der Waals surface area contributed by atoms with Gasteiger partial charge in [0.2, 0.25) is 0 Å². The van der Waals surface area contributed by atoms with E-state index in [-0.39, 0.29) is 28.9 Å². The fraction of sp³-hybridized carbons (Fsp3) is 0.394. The predicted octanol–water partition coefficient (Wildman–Crippen LogP) is 7.09. The van der Waals surface area contributed by atoms with Gasteiger partial charge < -0.3 is 15.2 Å².